The van der Waals surface area contributed by atoms with Crippen LogP contribution in [-0.2, 0) is 0 Å². The highest BCUT2D eigenvalue weighted by Gasteiger charge is 2.15. The van der Waals surface area contributed by atoms with E-state index in [9.17, 15) is 10.2 Å². The molecular formula is C9H10I2O2. The number of halogens is 2. The van der Waals surface area contributed by atoms with E-state index in [1.165, 1.54) is 0 Å². The average Bonchev–Trinajstić information content (AvgIpc) is 2.07. The van der Waals surface area contributed by atoms with Crippen LogP contribution in [0.2, 0.25) is 0 Å². The Hall–Kier alpha value is 0.280. The Labute approximate surface area is 105 Å². The fraction of sp³-hybridized carbons (Fsp3) is 0.333. The van der Waals surface area contributed by atoms with Gasteiger partial charge in [0.25, 0.3) is 0 Å². The molecule has 1 aromatic carbocycles. The van der Waals surface area contributed by atoms with Crippen LogP contribution in [0.1, 0.15) is 25.3 Å². The van der Waals surface area contributed by atoms with E-state index < -0.39 is 0 Å². The largest absolute Gasteiger partial charge is 0.507 e. The van der Waals surface area contributed by atoms with Crippen LogP contribution in [0.3, 0.4) is 0 Å². The van der Waals surface area contributed by atoms with E-state index in [0.717, 1.165) is 9.13 Å². The van der Waals surface area contributed by atoms with Gasteiger partial charge in [-0.25, -0.2) is 0 Å². The van der Waals surface area contributed by atoms with Crippen molar-refractivity contribution in [1.82, 2.24) is 0 Å². The molecule has 0 unspecified atom stereocenters. The van der Waals surface area contributed by atoms with Gasteiger partial charge in [-0.05, 0) is 57.2 Å². The van der Waals surface area contributed by atoms with Crippen molar-refractivity contribution in [3.63, 3.8) is 0 Å². The van der Waals surface area contributed by atoms with E-state index in [4.69, 9.17) is 0 Å². The van der Waals surface area contributed by atoms with Crippen molar-refractivity contribution in [2.45, 2.75) is 19.8 Å². The molecule has 0 aliphatic carbocycles. The summed E-state index contributed by atoms with van der Waals surface area (Å²) in [5.41, 5.74) is 0.794. The SMILES string of the molecule is CC(C)c1cc(O)c(I)c(I)c1O. The smallest absolute Gasteiger partial charge is 0.133 e. The molecule has 0 fully saturated rings. The van der Waals surface area contributed by atoms with Crippen LogP contribution in [0.4, 0.5) is 0 Å². The van der Waals surface area contributed by atoms with Crippen LogP contribution < -0.4 is 0 Å². The van der Waals surface area contributed by atoms with Crippen LogP contribution in [0.15, 0.2) is 6.07 Å². The standard InChI is InChI=1S/C9H10I2O2/c1-4(2)5-3-6(12)7(10)8(11)9(5)13/h3-4,12-13H,1-2H3. The van der Waals surface area contributed by atoms with Crippen molar-refractivity contribution in [3.05, 3.63) is 18.8 Å². The highest BCUT2D eigenvalue weighted by Crippen LogP contribution is 2.38. The van der Waals surface area contributed by atoms with Gasteiger partial charge in [-0.15, -0.1) is 0 Å². The van der Waals surface area contributed by atoms with E-state index >= 15 is 0 Å². The van der Waals surface area contributed by atoms with E-state index in [-0.39, 0.29) is 17.4 Å². The van der Waals surface area contributed by atoms with Crippen LogP contribution in [0.5, 0.6) is 11.5 Å². The maximum absolute atomic E-state index is 9.75. The summed E-state index contributed by atoms with van der Waals surface area (Å²) >= 11 is 4.05. The third-order valence-electron chi connectivity index (χ3n) is 1.81. The normalized spacial score (nSPS) is 10.8. The lowest BCUT2D eigenvalue weighted by Gasteiger charge is -2.12. The average molecular weight is 404 g/mol. The molecule has 0 atom stereocenters. The first-order chi connectivity index (χ1) is 5.95. The minimum Gasteiger partial charge on any atom is -0.507 e. The summed E-state index contributed by atoms with van der Waals surface area (Å²) in [5, 5.41) is 19.3. The highest BCUT2D eigenvalue weighted by atomic mass is 127. The second kappa shape index (κ2) is 4.20. The topological polar surface area (TPSA) is 40.5 Å². The molecule has 1 aromatic rings. The fourth-order valence-electron chi connectivity index (χ4n) is 1.06. The predicted octanol–water partition coefficient (Wildman–Crippen LogP) is 3.43. The third kappa shape index (κ3) is 2.20. The zero-order chi connectivity index (χ0) is 10.2. The number of aromatic hydroxyl groups is 2. The summed E-state index contributed by atoms with van der Waals surface area (Å²) in [6.07, 6.45) is 0. The molecular weight excluding hydrogens is 394 g/mol. The quantitative estimate of drug-likeness (QED) is 0.557. The van der Waals surface area contributed by atoms with Gasteiger partial charge >= 0.3 is 0 Å². The van der Waals surface area contributed by atoms with Crippen molar-refractivity contribution in [3.8, 4) is 11.5 Å². The van der Waals surface area contributed by atoms with Gasteiger partial charge in [0.1, 0.15) is 11.5 Å². The number of hydrogen-bond donors (Lipinski definition) is 2. The molecule has 0 radical (unpaired) electrons. The van der Waals surface area contributed by atoms with E-state index in [2.05, 4.69) is 0 Å². The van der Waals surface area contributed by atoms with Crippen molar-refractivity contribution in [2.75, 3.05) is 0 Å². The molecule has 0 aliphatic heterocycles. The molecule has 0 bridgehead atoms. The Morgan fingerprint density at radius 1 is 1.15 bits per heavy atom. The molecule has 2 nitrogen and oxygen atoms in total. The van der Waals surface area contributed by atoms with Crippen LogP contribution in [0.25, 0.3) is 0 Å². The van der Waals surface area contributed by atoms with Gasteiger partial charge in [-0.1, -0.05) is 13.8 Å². The van der Waals surface area contributed by atoms with Gasteiger partial charge in [0.2, 0.25) is 0 Å². The number of phenols is 2. The minimum absolute atomic E-state index is 0.219. The molecule has 0 spiro atoms. The summed E-state index contributed by atoms with van der Waals surface area (Å²) in [4.78, 5) is 0. The molecule has 1 rings (SSSR count). The van der Waals surface area contributed by atoms with E-state index in [1.54, 1.807) is 6.07 Å². The van der Waals surface area contributed by atoms with Gasteiger partial charge in [-0.3, -0.25) is 0 Å². The molecule has 0 aliphatic rings. The molecule has 13 heavy (non-hydrogen) atoms. The molecule has 0 saturated carbocycles. The zero-order valence-electron chi connectivity index (χ0n) is 7.31. The Morgan fingerprint density at radius 2 is 1.69 bits per heavy atom. The fourth-order valence-corrected chi connectivity index (χ4v) is 2.06. The van der Waals surface area contributed by atoms with Crippen LogP contribution in [0, 0.1) is 7.14 Å². The summed E-state index contributed by atoms with van der Waals surface area (Å²) in [6.45, 7) is 3.97. The zero-order valence-corrected chi connectivity index (χ0v) is 11.6. The predicted molar refractivity (Wildman–Crippen MR) is 69.3 cm³/mol. The second-order valence-electron chi connectivity index (χ2n) is 3.12. The molecule has 4 heteroatoms. The molecule has 0 saturated heterocycles. The molecule has 0 aromatic heterocycles. The van der Waals surface area contributed by atoms with Gasteiger partial charge in [-0.2, -0.15) is 0 Å². The number of hydrogen-bond acceptors (Lipinski definition) is 2. The van der Waals surface area contributed by atoms with E-state index in [0.29, 0.717) is 3.57 Å². The molecule has 72 valence electrons. The lowest BCUT2D eigenvalue weighted by Crippen LogP contribution is -1.93. The lowest BCUT2D eigenvalue weighted by molar-refractivity contribution is 0.444. The van der Waals surface area contributed by atoms with E-state index in [1.807, 2.05) is 59.0 Å². The Kier molecular flexibility index (Phi) is 3.67. The summed E-state index contributed by atoms with van der Waals surface area (Å²) in [6, 6.07) is 1.63. The third-order valence-corrected chi connectivity index (χ3v) is 4.99. The van der Waals surface area contributed by atoms with Crippen molar-refractivity contribution < 1.29 is 10.2 Å². The summed E-state index contributed by atoms with van der Waals surface area (Å²) in [7, 11) is 0. The summed E-state index contributed by atoms with van der Waals surface area (Å²) in [5.74, 6) is 0.751. The second-order valence-corrected chi connectivity index (χ2v) is 5.27. The Morgan fingerprint density at radius 3 is 2.15 bits per heavy atom. The van der Waals surface area contributed by atoms with Crippen LogP contribution >= 0.6 is 45.2 Å². The number of phenolic OH excluding ortho intramolecular Hbond substituents is 2. The minimum atomic E-state index is 0.219. The number of rotatable bonds is 1. The Balaban J connectivity index is 3.41. The molecule has 0 heterocycles. The lowest BCUT2D eigenvalue weighted by atomic mass is 10.0. The van der Waals surface area contributed by atoms with Crippen molar-refractivity contribution in [1.29, 1.82) is 0 Å². The number of benzene rings is 1. The maximum Gasteiger partial charge on any atom is 0.133 e. The first-order valence-corrected chi connectivity index (χ1v) is 6.00. The highest BCUT2D eigenvalue weighted by molar-refractivity contribution is 14.1. The maximum atomic E-state index is 9.75. The van der Waals surface area contributed by atoms with Gasteiger partial charge < -0.3 is 10.2 Å². The van der Waals surface area contributed by atoms with Gasteiger partial charge in [0.15, 0.2) is 0 Å². The first-order valence-electron chi connectivity index (χ1n) is 3.85. The Bertz CT molecular complexity index is 335. The van der Waals surface area contributed by atoms with Crippen LogP contribution in [-0.4, -0.2) is 10.2 Å². The monoisotopic (exact) mass is 404 g/mol. The van der Waals surface area contributed by atoms with Gasteiger partial charge in [0, 0.05) is 5.56 Å². The first kappa shape index (κ1) is 11.4. The molecule has 0 amide bonds. The van der Waals surface area contributed by atoms with Crippen molar-refractivity contribution in [2.24, 2.45) is 0 Å². The molecule has 2 N–H and O–H groups in total. The van der Waals surface area contributed by atoms with Gasteiger partial charge in [0.05, 0.1) is 7.14 Å². The summed E-state index contributed by atoms with van der Waals surface area (Å²) < 4.78 is 1.43. The van der Waals surface area contributed by atoms with Crippen molar-refractivity contribution >= 4 is 45.2 Å².